The third kappa shape index (κ3) is 2.79. The Morgan fingerprint density at radius 1 is 1.57 bits per heavy atom. The summed E-state index contributed by atoms with van der Waals surface area (Å²) in [5.74, 6) is -0.177. The van der Waals surface area contributed by atoms with Gasteiger partial charge in [-0.15, -0.1) is 0 Å². The highest BCUT2D eigenvalue weighted by Gasteiger charge is 2.08. The fourth-order valence-electron chi connectivity index (χ4n) is 0.964. The Bertz CT molecular complexity index is 315. The Balaban J connectivity index is 2.56. The molecular weight excluding hydrogens is 182 g/mol. The molecule has 1 rings (SSSR count). The van der Waals surface area contributed by atoms with Crippen LogP contribution in [-0.4, -0.2) is 30.5 Å². The van der Waals surface area contributed by atoms with Crippen molar-refractivity contribution < 1.29 is 9.53 Å². The van der Waals surface area contributed by atoms with Crippen molar-refractivity contribution in [1.29, 1.82) is 0 Å². The molecular formula is C9H13N3O2. The second-order valence-electron chi connectivity index (χ2n) is 2.73. The van der Waals surface area contributed by atoms with Crippen molar-refractivity contribution >= 4 is 11.5 Å². The van der Waals surface area contributed by atoms with Crippen LogP contribution in [0.15, 0.2) is 18.5 Å². The third-order valence-corrected chi connectivity index (χ3v) is 1.65. The predicted molar refractivity (Wildman–Crippen MR) is 52.9 cm³/mol. The Hall–Kier alpha value is -1.46. The monoisotopic (exact) mass is 195 g/mol. The van der Waals surface area contributed by atoms with Crippen LogP contribution in [0.3, 0.4) is 0 Å². The summed E-state index contributed by atoms with van der Waals surface area (Å²) in [4.78, 5) is 15.3. The molecule has 0 aliphatic heterocycles. The summed E-state index contributed by atoms with van der Waals surface area (Å²) in [5.41, 5.74) is 11.6. The SMILES string of the molecule is NCCOCC(=O)c1cnccc1N. The van der Waals surface area contributed by atoms with Crippen LogP contribution in [0.1, 0.15) is 10.4 Å². The molecule has 0 bridgehead atoms. The summed E-state index contributed by atoms with van der Waals surface area (Å²) >= 11 is 0. The zero-order valence-corrected chi connectivity index (χ0v) is 7.77. The van der Waals surface area contributed by atoms with E-state index in [-0.39, 0.29) is 12.4 Å². The maximum atomic E-state index is 11.5. The molecule has 1 heterocycles. The first-order valence-corrected chi connectivity index (χ1v) is 4.26. The zero-order chi connectivity index (χ0) is 10.4. The van der Waals surface area contributed by atoms with E-state index in [0.717, 1.165) is 0 Å². The highest BCUT2D eigenvalue weighted by molar-refractivity contribution is 6.01. The fourth-order valence-corrected chi connectivity index (χ4v) is 0.964. The molecule has 0 amide bonds. The van der Waals surface area contributed by atoms with Crippen molar-refractivity contribution in [3.8, 4) is 0 Å². The predicted octanol–water partition coefficient (Wildman–Crippen LogP) is -0.178. The number of carbonyl (C=O) groups excluding carboxylic acids is 1. The van der Waals surface area contributed by atoms with Gasteiger partial charge in [0, 0.05) is 24.6 Å². The topological polar surface area (TPSA) is 91.2 Å². The zero-order valence-electron chi connectivity index (χ0n) is 7.77. The normalized spacial score (nSPS) is 10.1. The number of rotatable bonds is 5. The van der Waals surface area contributed by atoms with Crippen LogP contribution in [0.25, 0.3) is 0 Å². The van der Waals surface area contributed by atoms with E-state index in [9.17, 15) is 4.79 Å². The molecule has 0 aromatic carbocycles. The number of ketones is 1. The first-order chi connectivity index (χ1) is 6.75. The van der Waals surface area contributed by atoms with E-state index in [1.807, 2.05) is 0 Å². The van der Waals surface area contributed by atoms with Crippen molar-refractivity contribution in [3.63, 3.8) is 0 Å². The van der Waals surface area contributed by atoms with E-state index in [1.165, 1.54) is 12.4 Å². The van der Waals surface area contributed by atoms with Crippen LogP contribution in [0, 0.1) is 0 Å². The standard InChI is InChI=1S/C9H13N3O2/c10-2-4-14-6-9(13)7-5-12-3-1-8(7)11/h1,3,5H,2,4,6,10H2,(H2,11,12). The molecule has 1 aromatic rings. The molecule has 0 atom stereocenters. The lowest BCUT2D eigenvalue weighted by molar-refractivity contribution is 0.0774. The molecule has 5 nitrogen and oxygen atoms in total. The van der Waals surface area contributed by atoms with Crippen molar-refractivity contribution in [1.82, 2.24) is 4.98 Å². The summed E-state index contributed by atoms with van der Waals surface area (Å²) < 4.78 is 5.00. The molecule has 0 saturated heterocycles. The molecule has 1 aromatic heterocycles. The largest absolute Gasteiger partial charge is 0.398 e. The number of Topliss-reactive ketones (excluding diaryl/α,β-unsaturated/α-hetero) is 1. The number of nitrogens with two attached hydrogens (primary N) is 2. The van der Waals surface area contributed by atoms with Gasteiger partial charge in [-0.05, 0) is 6.07 Å². The lowest BCUT2D eigenvalue weighted by atomic mass is 10.1. The van der Waals surface area contributed by atoms with Crippen LogP contribution in [-0.2, 0) is 4.74 Å². The molecule has 14 heavy (non-hydrogen) atoms. The van der Waals surface area contributed by atoms with Gasteiger partial charge < -0.3 is 16.2 Å². The van der Waals surface area contributed by atoms with Gasteiger partial charge in [0.05, 0.1) is 12.2 Å². The maximum absolute atomic E-state index is 11.5. The van der Waals surface area contributed by atoms with Crippen LogP contribution in [0.4, 0.5) is 5.69 Å². The van der Waals surface area contributed by atoms with Crippen LogP contribution >= 0.6 is 0 Å². The van der Waals surface area contributed by atoms with Crippen LogP contribution in [0.5, 0.6) is 0 Å². The van der Waals surface area contributed by atoms with Gasteiger partial charge in [-0.3, -0.25) is 9.78 Å². The highest BCUT2D eigenvalue weighted by atomic mass is 16.5. The number of ether oxygens (including phenoxy) is 1. The molecule has 0 aliphatic carbocycles. The smallest absolute Gasteiger partial charge is 0.192 e. The van der Waals surface area contributed by atoms with Gasteiger partial charge in [0.15, 0.2) is 5.78 Å². The van der Waals surface area contributed by atoms with Gasteiger partial charge in [-0.1, -0.05) is 0 Å². The van der Waals surface area contributed by atoms with Gasteiger partial charge in [-0.2, -0.15) is 0 Å². The Kier molecular flexibility index (Phi) is 4.03. The molecule has 76 valence electrons. The molecule has 5 heteroatoms. The number of carbonyl (C=O) groups is 1. The van der Waals surface area contributed by atoms with E-state index in [0.29, 0.717) is 24.4 Å². The molecule has 0 spiro atoms. The second kappa shape index (κ2) is 5.31. The summed E-state index contributed by atoms with van der Waals surface area (Å²) in [7, 11) is 0. The first kappa shape index (κ1) is 10.6. The minimum absolute atomic E-state index is 0.00685. The van der Waals surface area contributed by atoms with Crippen molar-refractivity contribution in [3.05, 3.63) is 24.0 Å². The Labute approximate surface area is 82.1 Å². The van der Waals surface area contributed by atoms with E-state index >= 15 is 0 Å². The number of aromatic nitrogens is 1. The van der Waals surface area contributed by atoms with Gasteiger partial charge in [0.1, 0.15) is 6.61 Å². The lowest BCUT2D eigenvalue weighted by Gasteiger charge is -2.03. The fraction of sp³-hybridized carbons (Fsp3) is 0.333. The van der Waals surface area contributed by atoms with Gasteiger partial charge in [0.25, 0.3) is 0 Å². The summed E-state index contributed by atoms with van der Waals surface area (Å²) in [5, 5.41) is 0. The minimum Gasteiger partial charge on any atom is -0.398 e. The second-order valence-corrected chi connectivity index (χ2v) is 2.73. The minimum atomic E-state index is -0.177. The van der Waals surface area contributed by atoms with E-state index in [4.69, 9.17) is 16.2 Å². The molecule has 0 fully saturated rings. The molecule has 4 N–H and O–H groups in total. The number of anilines is 1. The van der Waals surface area contributed by atoms with Crippen molar-refractivity contribution in [2.75, 3.05) is 25.5 Å². The van der Waals surface area contributed by atoms with E-state index in [1.54, 1.807) is 6.07 Å². The van der Waals surface area contributed by atoms with Crippen LogP contribution in [0.2, 0.25) is 0 Å². The van der Waals surface area contributed by atoms with Gasteiger partial charge in [-0.25, -0.2) is 0 Å². The number of nitrogens with zero attached hydrogens (tertiary/aromatic N) is 1. The highest BCUT2D eigenvalue weighted by Crippen LogP contribution is 2.09. The molecule has 0 unspecified atom stereocenters. The summed E-state index contributed by atoms with van der Waals surface area (Å²) in [6.07, 6.45) is 2.97. The third-order valence-electron chi connectivity index (χ3n) is 1.65. The lowest BCUT2D eigenvalue weighted by Crippen LogP contribution is -2.15. The Morgan fingerprint density at radius 2 is 2.36 bits per heavy atom. The first-order valence-electron chi connectivity index (χ1n) is 4.26. The molecule has 0 saturated carbocycles. The Morgan fingerprint density at radius 3 is 3.00 bits per heavy atom. The van der Waals surface area contributed by atoms with E-state index < -0.39 is 0 Å². The maximum Gasteiger partial charge on any atom is 0.192 e. The summed E-state index contributed by atoms with van der Waals surface area (Å²) in [6, 6.07) is 1.58. The van der Waals surface area contributed by atoms with Gasteiger partial charge in [0.2, 0.25) is 0 Å². The number of pyridine rings is 1. The molecule has 0 aliphatic rings. The summed E-state index contributed by atoms with van der Waals surface area (Å²) in [6.45, 7) is 0.759. The molecule has 0 radical (unpaired) electrons. The van der Waals surface area contributed by atoms with Crippen molar-refractivity contribution in [2.24, 2.45) is 5.73 Å². The van der Waals surface area contributed by atoms with Crippen molar-refractivity contribution in [2.45, 2.75) is 0 Å². The number of hydrogen-bond acceptors (Lipinski definition) is 5. The van der Waals surface area contributed by atoms with E-state index in [2.05, 4.69) is 4.98 Å². The average Bonchev–Trinajstić information content (AvgIpc) is 2.18. The number of nitrogen functional groups attached to an aromatic ring is 1. The quantitative estimate of drug-likeness (QED) is 0.502. The van der Waals surface area contributed by atoms with Crippen LogP contribution < -0.4 is 11.5 Å². The average molecular weight is 195 g/mol. The number of hydrogen-bond donors (Lipinski definition) is 2. The van der Waals surface area contributed by atoms with Gasteiger partial charge >= 0.3 is 0 Å².